The van der Waals surface area contributed by atoms with Gasteiger partial charge in [-0.25, -0.2) is 9.97 Å². The minimum Gasteiger partial charge on any atom is -0.232 e. The third-order valence-corrected chi connectivity index (χ3v) is 13.6. The Hall–Kier alpha value is -6.93. The molecule has 0 saturated heterocycles. The number of fused-ring (bicyclic) bond motifs is 8. The van der Waals surface area contributed by atoms with Crippen LogP contribution in [-0.4, -0.2) is 9.97 Å². The van der Waals surface area contributed by atoms with E-state index in [-0.39, 0.29) is 5.92 Å². The average Bonchev–Trinajstić information content (AvgIpc) is 3.66. The average molecular weight is 774 g/mol. The molecule has 0 radical (unpaired) electrons. The van der Waals surface area contributed by atoms with E-state index >= 15 is 0 Å². The van der Waals surface area contributed by atoms with E-state index in [1.807, 2.05) is 12.1 Å². The van der Waals surface area contributed by atoms with Crippen molar-refractivity contribution >= 4 is 69.4 Å². The minimum atomic E-state index is 0.174. The van der Waals surface area contributed by atoms with Crippen LogP contribution in [0.25, 0.3) is 91.7 Å². The van der Waals surface area contributed by atoms with E-state index in [4.69, 9.17) is 9.97 Å². The number of allylic oxidation sites excluding steroid dienone is 8. The molecule has 2 aromatic heterocycles. The lowest BCUT2D eigenvalue weighted by Gasteiger charge is -2.23. The molecule has 0 spiro atoms. The molecular formula is C55H39N3S. The van der Waals surface area contributed by atoms with E-state index in [1.54, 1.807) is 11.3 Å². The molecule has 280 valence electrons. The topological polar surface area (TPSA) is 49.6 Å². The fourth-order valence-corrected chi connectivity index (χ4v) is 10.4. The number of hydrogen-bond acceptors (Lipinski definition) is 4. The Bertz CT molecular complexity index is 3350. The molecule has 7 aromatic carbocycles. The maximum atomic E-state index is 9.55. The van der Waals surface area contributed by atoms with Crippen LogP contribution < -0.4 is 0 Å². The quantitative estimate of drug-likeness (QED) is 0.164. The summed E-state index contributed by atoms with van der Waals surface area (Å²) in [5, 5.41) is 19.1. The van der Waals surface area contributed by atoms with E-state index in [0.717, 1.165) is 45.5 Å². The van der Waals surface area contributed by atoms with E-state index in [9.17, 15) is 5.26 Å². The van der Waals surface area contributed by atoms with Gasteiger partial charge in [-0.15, -0.1) is 11.3 Å². The van der Waals surface area contributed by atoms with E-state index < -0.39 is 0 Å². The van der Waals surface area contributed by atoms with Gasteiger partial charge in [0.05, 0.1) is 23.0 Å². The van der Waals surface area contributed by atoms with E-state index in [0.29, 0.717) is 17.4 Å². The van der Waals surface area contributed by atoms with Crippen LogP contribution in [0.3, 0.4) is 0 Å². The van der Waals surface area contributed by atoms with Gasteiger partial charge in [-0.1, -0.05) is 135 Å². The molecule has 3 atom stereocenters. The maximum absolute atomic E-state index is 9.55. The zero-order valence-corrected chi connectivity index (χ0v) is 33.7. The van der Waals surface area contributed by atoms with Gasteiger partial charge in [0.1, 0.15) is 0 Å². The summed E-state index contributed by atoms with van der Waals surface area (Å²) in [7, 11) is 0. The third kappa shape index (κ3) is 6.01. The lowest BCUT2D eigenvalue weighted by molar-refractivity contribution is 0.618. The highest BCUT2D eigenvalue weighted by Crippen LogP contribution is 2.43. The molecule has 59 heavy (non-hydrogen) atoms. The first kappa shape index (κ1) is 35.2. The maximum Gasteiger partial charge on any atom is 0.160 e. The summed E-state index contributed by atoms with van der Waals surface area (Å²) < 4.78 is 2.43. The van der Waals surface area contributed by atoms with E-state index in [1.165, 1.54) is 64.0 Å². The first-order chi connectivity index (χ1) is 29.0. The molecule has 3 unspecified atom stereocenters. The highest BCUT2D eigenvalue weighted by Gasteiger charge is 2.24. The molecule has 2 aliphatic rings. The zero-order valence-electron chi connectivity index (χ0n) is 32.9. The third-order valence-electron chi connectivity index (χ3n) is 12.5. The smallest absolute Gasteiger partial charge is 0.160 e. The monoisotopic (exact) mass is 773 g/mol. The highest BCUT2D eigenvalue weighted by molar-refractivity contribution is 7.25. The molecule has 11 rings (SSSR count). The summed E-state index contributed by atoms with van der Waals surface area (Å²) >= 11 is 1.77. The summed E-state index contributed by atoms with van der Waals surface area (Å²) in [6.45, 7) is 4.57. The summed E-state index contributed by atoms with van der Waals surface area (Å²) in [6.07, 6.45) is 16.5. The van der Waals surface area contributed by atoms with Gasteiger partial charge >= 0.3 is 0 Å². The van der Waals surface area contributed by atoms with Crippen LogP contribution in [0, 0.1) is 23.2 Å². The van der Waals surface area contributed by atoms with Gasteiger partial charge in [-0.05, 0) is 127 Å². The predicted molar refractivity (Wildman–Crippen MR) is 250 cm³/mol. The zero-order chi connectivity index (χ0) is 39.6. The molecular weight excluding hydrogens is 735 g/mol. The fraction of sp³-hybridized carbons (Fsp3) is 0.109. The number of hydrogen-bond donors (Lipinski definition) is 0. The number of nitriles is 1. The molecule has 0 aliphatic heterocycles. The molecule has 0 amide bonds. The molecule has 4 heteroatoms. The fourth-order valence-electron chi connectivity index (χ4n) is 9.32. The van der Waals surface area contributed by atoms with Crippen LogP contribution >= 0.6 is 11.3 Å². The first-order valence-electron chi connectivity index (χ1n) is 20.5. The van der Waals surface area contributed by atoms with Crippen molar-refractivity contribution < 1.29 is 0 Å². The summed E-state index contributed by atoms with van der Waals surface area (Å²) in [6, 6.07) is 48.5. The highest BCUT2D eigenvalue weighted by atomic mass is 32.1. The van der Waals surface area contributed by atoms with Crippen molar-refractivity contribution in [1.82, 2.24) is 9.97 Å². The number of thiophene rings is 1. The molecule has 2 heterocycles. The molecule has 0 saturated carbocycles. The van der Waals surface area contributed by atoms with Crippen molar-refractivity contribution in [1.29, 1.82) is 5.26 Å². The van der Waals surface area contributed by atoms with Crippen LogP contribution in [0.4, 0.5) is 0 Å². The van der Waals surface area contributed by atoms with Gasteiger partial charge < -0.3 is 0 Å². The predicted octanol–water partition coefficient (Wildman–Crippen LogP) is 15.0. The normalized spacial score (nSPS) is 17.6. The summed E-state index contributed by atoms with van der Waals surface area (Å²) in [5.74, 6) is 1.66. The van der Waals surface area contributed by atoms with Gasteiger partial charge in [0.15, 0.2) is 5.82 Å². The Labute approximate surface area is 347 Å². The largest absolute Gasteiger partial charge is 0.232 e. The number of rotatable bonds is 5. The molecule has 0 fully saturated rings. The van der Waals surface area contributed by atoms with Crippen LogP contribution in [0.5, 0.6) is 0 Å². The van der Waals surface area contributed by atoms with Gasteiger partial charge in [0.25, 0.3) is 0 Å². The van der Waals surface area contributed by atoms with Gasteiger partial charge in [0.2, 0.25) is 0 Å². The Balaban J connectivity index is 1.06. The molecule has 0 bridgehead atoms. The van der Waals surface area contributed by atoms with Crippen molar-refractivity contribution in [3.8, 4) is 39.7 Å². The lowest BCUT2D eigenvalue weighted by atomic mass is 9.85. The second-order valence-electron chi connectivity index (χ2n) is 16.1. The van der Waals surface area contributed by atoms with Crippen molar-refractivity contribution in [2.45, 2.75) is 26.2 Å². The van der Waals surface area contributed by atoms with Crippen LogP contribution in [-0.2, 0) is 0 Å². The number of benzene rings is 7. The van der Waals surface area contributed by atoms with Crippen molar-refractivity contribution in [2.75, 3.05) is 0 Å². The molecule has 9 aromatic rings. The Kier molecular flexibility index (Phi) is 8.46. The van der Waals surface area contributed by atoms with Crippen LogP contribution in [0.2, 0.25) is 0 Å². The number of nitrogens with zero attached hydrogens (tertiary/aromatic N) is 3. The Morgan fingerprint density at radius 1 is 0.576 bits per heavy atom. The van der Waals surface area contributed by atoms with Gasteiger partial charge in [0, 0.05) is 31.7 Å². The number of aromatic nitrogens is 2. The van der Waals surface area contributed by atoms with Crippen LogP contribution in [0.1, 0.15) is 43.1 Å². The molecule has 3 nitrogen and oxygen atoms in total. The second-order valence-corrected chi connectivity index (χ2v) is 17.2. The van der Waals surface area contributed by atoms with Crippen molar-refractivity contribution in [3.05, 3.63) is 187 Å². The standard InChI is InChI=1S/C55H39N3S/c1-33-11-3-5-13-39(33)51-31-52(40-14-6-4-12-34(40)2)58-55(57-51)50-30-47-42-16-8-7-15-41(42)45(29-46(47)43-17-9-10-18-44(43)50)37-22-20-36(21-23-37)38-24-26-54-49(28-38)48-27-35(32-56)19-25-53(48)59-54/h3-11,13-31,33-34,39H,12H2,1-2H3. The second kappa shape index (κ2) is 14.2. The van der Waals surface area contributed by atoms with Crippen molar-refractivity contribution in [3.63, 3.8) is 0 Å². The van der Waals surface area contributed by atoms with Gasteiger partial charge in [-0.2, -0.15) is 5.26 Å². The first-order valence-corrected chi connectivity index (χ1v) is 21.3. The summed E-state index contributed by atoms with van der Waals surface area (Å²) in [4.78, 5) is 10.8. The molecule has 2 aliphatic carbocycles. The minimum absolute atomic E-state index is 0.174. The lowest BCUT2D eigenvalue weighted by Crippen LogP contribution is -2.13. The SMILES string of the molecule is CC1CC=CC=C1c1cc(C2C=CC=CC2C)nc(-c2cc3c4ccccc4c(-c4ccc(-c5ccc6sc7ccc(C#N)cc7c6c5)cc4)cc3c3ccccc23)n1. The van der Waals surface area contributed by atoms with E-state index in [2.05, 4.69) is 178 Å². The molecule has 0 N–H and O–H groups in total. The Morgan fingerprint density at radius 3 is 1.95 bits per heavy atom. The van der Waals surface area contributed by atoms with Crippen LogP contribution in [0.15, 0.2) is 170 Å². The summed E-state index contributed by atoms with van der Waals surface area (Å²) in [5.41, 5.74) is 9.80. The Morgan fingerprint density at radius 2 is 1.22 bits per heavy atom. The van der Waals surface area contributed by atoms with Gasteiger partial charge in [-0.3, -0.25) is 0 Å². The van der Waals surface area contributed by atoms with Crippen molar-refractivity contribution in [2.24, 2.45) is 11.8 Å².